The molecule has 2 nitrogen and oxygen atoms in total. The van der Waals surface area contributed by atoms with Crippen molar-refractivity contribution in [2.75, 3.05) is 7.05 Å². The Morgan fingerprint density at radius 1 is 1.62 bits per heavy atom. The highest BCUT2D eigenvalue weighted by Crippen LogP contribution is 2.32. The van der Waals surface area contributed by atoms with Gasteiger partial charge in [0.05, 0.1) is 0 Å². The Hall–Kier alpha value is -0.760. The normalized spacial score (nSPS) is 28.8. The molecule has 1 aliphatic rings. The van der Waals surface area contributed by atoms with Crippen LogP contribution in [0.1, 0.15) is 37.6 Å². The molecule has 1 N–H and O–H groups in total. The monoisotopic (exact) mass is 178 g/mol. The van der Waals surface area contributed by atoms with Gasteiger partial charge < -0.3 is 4.98 Å². The van der Waals surface area contributed by atoms with Gasteiger partial charge in [-0.1, -0.05) is 6.92 Å². The molecule has 72 valence electrons. The Balaban J connectivity index is 2.37. The molecule has 1 aromatic rings. The summed E-state index contributed by atoms with van der Waals surface area (Å²) in [5.74, 6) is 0. The molecule has 2 atom stereocenters. The summed E-state index contributed by atoms with van der Waals surface area (Å²) in [4.78, 5) is 5.83. The van der Waals surface area contributed by atoms with Crippen LogP contribution in [-0.2, 0) is 6.42 Å². The van der Waals surface area contributed by atoms with Crippen LogP contribution in [0.2, 0.25) is 0 Å². The van der Waals surface area contributed by atoms with Crippen molar-refractivity contribution in [1.29, 1.82) is 0 Å². The van der Waals surface area contributed by atoms with Gasteiger partial charge in [0, 0.05) is 30.4 Å². The van der Waals surface area contributed by atoms with Crippen molar-refractivity contribution in [2.24, 2.45) is 0 Å². The molecular formula is C11H18N2. The van der Waals surface area contributed by atoms with Crippen LogP contribution in [-0.4, -0.2) is 23.0 Å². The third-order valence-corrected chi connectivity index (χ3v) is 3.30. The van der Waals surface area contributed by atoms with E-state index in [9.17, 15) is 0 Å². The number of nitrogens with one attached hydrogen (secondary N) is 1. The molecule has 0 unspecified atom stereocenters. The quantitative estimate of drug-likeness (QED) is 0.699. The minimum atomic E-state index is 0.616. The molecule has 0 spiro atoms. The molecule has 2 rings (SSSR count). The van der Waals surface area contributed by atoms with Crippen LogP contribution in [0.15, 0.2) is 12.3 Å². The molecule has 0 saturated heterocycles. The summed E-state index contributed by atoms with van der Waals surface area (Å²) >= 11 is 0. The Kier molecular flexibility index (Phi) is 2.16. The smallest absolute Gasteiger partial charge is 0.0363 e. The van der Waals surface area contributed by atoms with Gasteiger partial charge >= 0.3 is 0 Å². The van der Waals surface area contributed by atoms with Crippen molar-refractivity contribution in [3.8, 4) is 0 Å². The fraction of sp³-hybridized carbons (Fsp3) is 0.636. The van der Waals surface area contributed by atoms with Gasteiger partial charge in [-0.05, 0) is 32.0 Å². The number of aromatic amines is 1. The van der Waals surface area contributed by atoms with E-state index in [1.807, 2.05) is 0 Å². The number of rotatable bonds is 1. The standard InChI is InChI=1S/C11H18N2/c1-4-11-9-5-6-12-10(9)7-8(2)13(11)3/h5-6,8,11-12H,4,7H2,1-3H3/t8-,11+/m0/s1. The molecule has 0 radical (unpaired) electrons. The minimum Gasteiger partial charge on any atom is -0.365 e. The lowest BCUT2D eigenvalue weighted by molar-refractivity contribution is 0.161. The van der Waals surface area contributed by atoms with Gasteiger partial charge in [0.2, 0.25) is 0 Å². The lowest BCUT2D eigenvalue weighted by Crippen LogP contribution is -2.38. The molecule has 0 fully saturated rings. The number of nitrogens with zero attached hydrogens (tertiary/aromatic N) is 1. The molecule has 1 aromatic heterocycles. The Morgan fingerprint density at radius 3 is 3.08 bits per heavy atom. The van der Waals surface area contributed by atoms with E-state index in [0.29, 0.717) is 12.1 Å². The Morgan fingerprint density at radius 2 is 2.38 bits per heavy atom. The SMILES string of the molecule is CC[C@@H]1c2cc[nH]c2C[C@H](C)N1C. The van der Waals surface area contributed by atoms with Crippen molar-refractivity contribution >= 4 is 0 Å². The maximum absolute atomic E-state index is 3.35. The van der Waals surface area contributed by atoms with Crippen LogP contribution in [0.4, 0.5) is 0 Å². The fourth-order valence-electron chi connectivity index (χ4n) is 2.38. The largest absolute Gasteiger partial charge is 0.365 e. The predicted octanol–water partition coefficient (Wildman–Crippen LogP) is 2.34. The first kappa shape index (κ1) is 8.82. The Bertz CT molecular complexity index is 290. The van der Waals surface area contributed by atoms with E-state index in [4.69, 9.17) is 0 Å². The number of H-pyrrole nitrogens is 1. The average Bonchev–Trinajstić information content (AvgIpc) is 2.54. The summed E-state index contributed by atoms with van der Waals surface area (Å²) in [6.07, 6.45) is 4.43. The van der Waals surface area contributed by atoms with Crippen LogP contribution >= 0.6 is 0 Å². The zero-order valence-corrected chi connectivity index (χ0v) is 8.67. The first-order valence-corrected chi connectivity index (χ1v) is 5.12. The molecule has 0 bridgehead atoms. The van der Waals surface area contributed by atoms with Crippen molar-refractivity contribution in [3.63, 3.8) is 0 Å². The van der Waals surface area contributed by atoms with Crippen molar-refractivity contribution in [2.45, 2.75) is 38.8 Å². The lowest BCUT2D eigenvalue weighted by Gasteiger charge is -2.37. The Labute approximate surface area is 79.9 Å². The summed E-state index contributed by atoms with van der Waals surface area (Å²) < 4.78 is 0. The van der Waals surface area contributed by atoms with Crippen LogP contribution in [0, 0.1) is 0 Å². The van der Waals surface area contributed by atoms with Gasteiger partial charge in [0.15, 0.2) is 0 Å². The van der Waals surface area contributed by atoms with Gasteiger partial charge in [0.25, 0.3) is 0 Å². The summed E-state index contributed by atoms with van der Waals surface area (Å²) in [5.41, 5.74) is 2.94. The van der Waals surface area contributed by atoms with Crippen LogP contribution in [0.3, 0.4) is 0 Å². The number of hydrogen-bond acceptors (Lipinski definition) is 1. The third kappa shape index (κ3) is 1.29. The van der Waals surface area contributed by atoms with Crippen molar-refractivity contribution < 1.29 is 0 Å². The van der Waals surface area contributed by atoms with Crippen LogP contribution in [0.5, 0.6) is 0 Å². The second-order valence-corrected chi connectivity index (χ2v) is 4.05. The maximum atomic E-state index is 3.35. The predicted molar refractivity (Wildman–Crippen MR) is 54.8 cm³/mol. The van der Waals surface area contributed by atoms with Gasteiger partial charge in [-0.3, -0.25) is 4.90 Å². The van der Waals surface area contributed by atoms with E-state index in [1.54, 1.807) is 0 Å². The first-order valence-electron chi connectivity index (χ1n) is 5.12. The van der Waals surface area contributed by atoms with Gasteiger partial charge in [-0.2, -0.15) is 0 Å². The summed E-state index contributed by atoms with van der Waals surface area (Å²) in [6.45, 7) is 4.56. The molecule has 0 aromatic carbocycles. The van der Waals surface area contributed by atoms with E-state index in [1.165, 1.54) is 17.7 Å². The highest BCUT2D eigenvalue weighted by atomic mass is 15.2. The molecule has 13 heavy (non-hydrogen) atoms. The highest BCUT2D eigenvalue weighted by molar-refractivity contribution is 5.28. The molecule has 2 heterocycles. The number of aromatic nitrogens is 1. The molecule has 0 saturated carbocycles. The minimum absolute atomic E-state index is 0.616. The molecule has 1 aliphatic heterocycles. The summed E-state index contributed by atoms with van der Waals surface area (Å²) in [7, 11) is 2.23. The van der Waals surface area contributed by atoms with Gasteiger partial charge in [-0.25, -0.2) is 0 Å². The molecule has 0 aliphatic carbocycles. The summed E-state index contributed by atoms with van der Waals surface area (Å²) in [6, 6.07) is 3.51. The van der Waals surface area contributed by atoms with Crippen molar-refractivity contribution in [1.82, 2.24) is 9.88 Å². The topological polar surface area (TPSA) is 19.0 Å². The maximum Gasteiger partial charge on any atom is 0.0363 e. The van der Waals surface area contributed by atoms with E-state index in [0.717, 1.165) is 6.42 Å². The van der Waals surface area contributed by atoms with Gasteiger partial charge in [0.1, 0.15) is 0 Å². The second-order valence-electron chi connectivity index (χ2n) is 4.05. The first-order chi connectivity index (χ1) is 6.24. The third-order valence-electron chi connectivity index (χ3n) is 3.30. The zero-order valence-electron chi connectivity index (χ0n) is 8.67. The molecular weight excluding hydrogens is 160 g/mol. The van der Waals surface area contributed by atoms with E-state index < -0.39 is 0 Å². The van der Waals surface area contributed by atoms with E-state index in [-0.39, 0.29) is 0 Å². The van der Waals surface area contributed by atoms with Crippen LogP contribution in [0.25, 0.3) is 0 Å². The second kappa shape index (κ2) is 3.18. The fourth-order valence-corrected chi connectivity index (χ4v) is 2.38. The number of fused-ring (bicyclic) bond motifs is 1. The van der Waals surface area contributed by atoms with Crippen molar-refractivity contribution in [3.05, 3.63) is 23.5 Å². The van der Waals surface area contributed by atoms with E-state index >= 15 is 0 Å². The number of hydrogen-bond donors (Lipinski definition) is 1. The lowest BCUT2D eigenvalue weighted by atomic mass is 9.93. The van der Waals surface area contributed by atoms with Crippen LogP contribution < -0.4 is 0 Å². The average molecular weight is 178 g/mol. The summed E-state index contributed by atoms with van der Waals surface area (Å²) in [5, 5.41) is 0. The molecule has 2 heteroatoms. The van der Waals surface area contributed by atoms with Gasteiger partial charge in [-0.15, -0.1) is 0 Å². The number of likely N-dealkylation sites (N-methyl/N-ethyl adjacent to an activating group) is 1. The zero-order chi connectivity index (χ0) is 9.42. The highest BCUT2D eigenvalue weighted by Gasteiger charge is 2.28. The molecule has 0 amide bonds. The van der Waals surface area contributed by atoms with E-state index in [2.05, 4.69) is 43.0 Å².